The Morgan fingerprint density at radius 2 is 1.82 bits per heavy atom. The second-order valence-electron chi connectivity index (χ2n) is 4.80. The summed E-state index contributed by atoms with van der Waals surface area (Å²) in [5.41, 5.74) is 13.2. The number of aromatic nitrogens is 2. The van der Waals surface area contributed by atoms with E-state index in [0.717, 1.165) is 12.1 Å². The van der Waals surface area contributed by atoms with Crippen molar-refractivity contribution in [2.45, 2.75) is 30.7 Å². The molecule has 0 bridgehead atoms. The van der Waals surface area contributed by atoms with Crippen LogP contribution < -0.4 is 16.8 Å². The van der Waals surface area contributed by atoms with Gasteiger partial charge in [0.1, 0.15) is 11.6 Å². The van der Waals surface area contributed by atoms with Crippen LogP contribution in [-0.2, 0) is 11.2 Å². The lowest BCUT2D eigenvalue weighted by atomic mass is 10.1. The van der Waals surface area contributed by atoms with Gasteiger partial charge < -0.3 is 16.8 Å². The lowest BCUT2D eigenvalue weighted by Crippen LogP contribution is -2.22. The van der Waals surface area contributed by atoms with Crippen LogP contribution in [0.5, 0.6) is 0 Å². The average Bonchev–Trinajstić information content (AvgIpc) is 2.46. The van der Waals surface area contributed by atoms with Gasteiger partial charge in [0.05, 0.1) is 5.25 Å². The van der Waals surface area contributed by atoms with Crippen molar-refractivity contribution in [2.24, 2.45) is 0 Å². The van der Waals surface area contributed by atoms with Crippen LogP contribution >= 0.6 is 11.8 Å². The van der Waals surface area contributed by atoms with E-state index in [4.69, 9.17) is 11.5 Å². The van der Waals surface area contributed by atoms with Crippen molar-refractivity contribution in [3.05, 3.63) is 35.9 Å². The van der Waals surface area contributed by atoms with Crippen LogP contribution in [0.4, 0.5) is 17.3 Å². The number of nitrogens with two attached hydrogens (primary N) is 2. The second-order valence-corrected chi connectivity index (χ2v) is 6.11. The molecule has 0 radical (unpaired) electrons. The third-order valence-electron chi connectivity index (χ3n) is 3.03. The summed E-state index contributed by atoms with van der Waals surface area (Å²) >= 11 is 1.21. The lowest BCUT2D eigenvalue weighted by Gasteiger charge is -2.12. The van der Waals surface area contributed by atoms with E-state index in [1.54, 1.807) is 6.92 Å². The summed E-state index contributed by atoms with van der Waals surface area (Å²) < 4.78 is 0. The standard InChI is InChI=1S/C15H19N5OS/c1-3-10-4-6-11(7-5-10)18-14(21)9(2)22-15-19-12(16)8-13(17)20-15/h4-9H,3H2,1-2H3,(H,18,21)(H4,16,17,19,20)/t9-/m1/s1. The van der Waals surface area contributed by atoms with Gasteiger partial charge in [-0.3, -0.25) is 4.79 Å². The van der Waals surface area contributed by atoms with Gasteiger partial charge in [0.25, 0.3) is 0 Å². The van der Waals surface area contributed by atoms with Gasteiger partial charge in [-0.1, -0.05) is 30.8 Å². The zero-order chi connectivity index (χ0) is 16.1. The number of benzene rings is 1. The van der Waals surface area contributed by atoms with Crippen LogP contribution in [0, 0.1) is 0 Å². The topological polar surface area (TPSA) is 107 Å². The van der Waals surface area contributed by atoms with Crippen molar-refractivity contribution in [3.8, 4) is 0 Å². The van der Waals surface area contributed by atoms with Crippen molar-refractivity contribution in [1.82, 2.24) is 9.97 Å². The lowest BCUT2D eigenvalue weighted by molar-refractivity contribution is -0.115. The van der Waals surface area contributed by atoms with Gasteiger partial charge in [0, 0.05) is 11.8 Å². The van der Waals surface area contributed by atoms with Crippen LogP contribution in [0.2, 0.25) is 0 Å². The molecule has 5 N–H and O–H groups in total. The molecule has 1 aromatic heterocycles. The predicted molar refractivity (Wildman–Crippen MR) is 90.6 cm³/mol. The van der Waals surface area contributed by atoms with Crippen molar-refractivity contribution in [3.63, 3.8) is 0 Å². The summed E-state index contributed by atoms with van der Waals surface area (Å²) in [6, 6.07) is 9.25. The summed E-state index contributed by atoms with van der Waals surface area (Å²) in [7, 11) is 0. The fraction of sp³-hybridized carbons (Fsp3) is 0.267. The number of aryl methyl sites for hydroxylation is 1. The SMILES string of the molecule is CCc1ccc(NC(=O)[C@@H](C)Sc2nc(N)cc(N)n2)cc1. The number of hydrogen-bond acceptors (Lipinski definition) is 6. The van der Waals surface area contributed by atoms with Crippen molar-refractivity contribution in [1.29, 1.82) is 0 Å². The Bertz CT molecular complexity index is 639. The monoisotopic (exact) mass is 317 g/mol. The van der Waals surface area contributed by atoms with E-state index in [0.29, 0.717) is 5.16 Å². The first-order valence-electron chi connectivity index (χ1n) is 6.94. The fourth-order valence-electron chi connectivity index (χ4n) is 1.79. The highest BCUT2D eigenvalue weighted by molar-refractivity contribution is 8.00. The minimum Gasteiger partial charge on any atom is -0.383 e. The maximum Gasteiger partial charge on any atom is 0.237 e. The maximum absolute atomic E-state index is 12.2. The Balaban J connectivity index is 1.99. The number of thioether (sulfide) groups is 1. The molecule has 0 unspecified atom stereocenters. The Labute approximate surface area is 133 Å². The zero-order valence-corrected chi connectivity index (χ0v) is 13.4. The van der Waals surface area contributed by atoms with E-state index in [1.807, 2.05) is 24.3 Å². The van der Waals surface area contributed by atoms with Gasteiger partial charge in [-0.25, -0.2) is 9.97 Å². The average molecular weight is 317 g/mol. The van der Waals surface area contributed by atoms with Gasteiger partial charge in [0.15, 0.2) is 5.16 Å². The third-order valence-corrected chi connectivity index (χ3v) is 3.99. The van der Waals surface area contributed by atoms with Crippen molar-refractivity contribution in [2.75, 3.05) is 16.8 Å². The number of carbonyl (C=O) groups is 1. The Kier molecular flexibility index (Phi) is 5.21. The quantitative estimate of drug-likeness (QED) is 0.577. The second kappa shape index (κ2) is 7.13. The molecule has 7 heteroatoms. The Morgan fingerprint density at radius 1 is 1.23 bits per heavy atom. The Morgan fingerprint density at radius 3 is 2.36 bits per heavy atom. The van der Waals surface area contributed by atoms with Gasteiger partial charge in [-0.2, -0.15) is 0 Å². The predicted octanol–water partition coefficient (Wildman–Crippen LogP) is 2.32. The molecule has 0 aliphatic carbocycles. The molecule has 0 aliphatic rings. The number of anilines is 3. The third kappa shape index (κ3) is 4.36. The summed E-state index contributed by atoms with van der Waals surface area (Å²) in [5, 5.41) is 2.89. The minimum absolute atomic E-state index is 0.126. The van der Waals surface area contributed by atoms with Gasteiger partial charge in [0.2, 0.25) is 5.91 Å². The van der Waals surface area contributed by atoms with Crippen LogP contribution in [0.15, 0.2) is 35.5 Å². The molecule has 1 atom stereocenters. The first-order chi connectivity index (χ1) is 10.5. The van der Waals surface area contributed by atoms with Crippen LogP contribution in [-0.4, -0.2) is 21.1 Å². The molecule has 0 fully saturated rings. The molecule has 22 heavy (non-hydrogen) atoms. The highest BCUT2D eigenvalue weighted by Crippen LogP contribution is 2.22. The highest BCUT2D eigenvalue weighted by Gasteiger charge is 2.16. The van der Waals surface area contributed by atoms with Crippen molar-refractivity contribution >= 4 is 35.0 Å². The maximum atomic E-state index is 12.2. The summed E-state index contributed by atoms with van der Waals surface area (Å²) in [6.07, 6.45) is 0.967. The molecule has 1 heterocycles. The molecule has 0 saturated carbocycles. The van der Waals surface area contributed by atoms with E-state index in [1.165, 1.54) is 23.4 Å². The van der Waals surface area contributed by atoms with E-state index in [-0.39, 0.29) is 22.8 Å². The number of rotatable bonds is 5. The Hall–Kier alpha value is -2.28. The zero-order valence-electron chi connectivity index (χ0n) is 12.5. The first kappa shape index (κ1) is 16.1. The smallest absolute Gasteiger partial charge is 0.237 e. The number of carbonyl (C=O) groups excluding carboxylic acids is 1. The fourth-order valence-corrected chi connectivity index (χ4v) is 2.59. The molecule has 116 valence electrons. The van der Waals surface area contributed by atoms with E-state index in [9.17, 15) is 4.79 Å². The van der Waals surface area contributed by atoms with Gasteiger partial charge >= 0.3 is 0 Å². The van der Waals surface area contributed by atoms with E-state index >= 15 is 0 Å². The molecule has 0 saturated heterocycles. The summed E-state index contributed by atoms with van der Waals surface area (Å²) in [5.74, 6) is 0.453. The molecule has 2 rings (SSSR count). The molecule has 6 nitrogen and oxygen atoms in total. The normalized spacial score (nSPS) is 11.9. The molecular formula is C15H19N5OS. The largest absolute Gasteiger partial charge is 0.383 e. The molecule has 0 spiro atoms. The van der Waals surface area contributed by atoms with Crippen molar-refractivity contribution < 1.29 is 4.79 Å². The number of nitrogens with one attached hydrogen (secondary N) is 1. The van der Waals surface area contributed by atoms with E-state index in [2.05, 4.69) is 22.2 Å². The van der Waals surface area contributed by atoms with Gasteiger partial charge in [-0.15, -0.1) is 0 Å². The molecule has 1 aromatic carbocycles. The minimum atomic E-state index is -0.368. The molecule has 0 aliphatic heterocycles. The van der Waals surface area contributed by atoms with Gasteiger partial charge in [-0.05, 0) is 31.0 Å². The summed E-state index contributed by atoms with van der Waals surface area (Å²) in [6.45, 7) is 3.87. The van der Waals surface area contributed by atoms with Crippen LogP contribution in [0.3, 0.4) is 0 Å². The number of hydrogen-bond donors (Lipinski definition) is 3. The number of nitrogens with zero attached hydrogens (tertiary/aromatic N) is 2. The van der Waals surface area contributed by atoms with Crippen LogP contribution in [0.1, 0.15) is 19.4 Å². The molecule has 2 aromatic rings. The number of amides is 1. The highest BCUT2D eigenvalue weighted by atomic mass is 32.2. The molecular weight excluding hydrogens is 298 g/mol. The number of nitrogen functional groups attached to an aromatic ring is 2. The molecule has 1 amide bonds. The summed E-state index contributed by atoms with van der Waals surface area (Å²) in [4.78, 5) is 20.3. The van der Waals surface area contributed by atoms with Crippen LogP contribution in [0.25, 0.3) is 0 Å². The van der Waals surface area contributed by atoms with E-state index < -0.39 is 0 Å². The first-order valence-corrected chi connectivity index (χ1v) is 7.82.